The first-order valence-corrected chi connectivity index (χ1v) is 14.3. The van der Waals surface area contributed by atoms with Gasteiger partial charge in [0.05, 0.1) is 23.2 Å². The third-order valence-corrected chi connectivity index (χ3v) is 8.94. The molecule has 1 fully saturated rings. The molecule has 0 spiro atoms. The van der Waals surface area contributed by atoms with Crippen molar-refractivity contribution in [2.24, 2.45) is 0 Å². The molecule has 2 aromatic heterocycles. The minimum atomic E-state index is -3.95. The quantitative estimate of drug-likeness (QED) is 0.352. The number of aliphatic hydroxyl groups excluding tert-OH is 1. The summed E-state index contributed by atoms with van der Waals surface area (Å²) < 4.78 is 36.6. The van der Waals surface area contributed by atoms with Crippen LogP contribution in [0.25, 0.3) is 0 Å². The Balaban J connectivity index is 1.33. The van der Waals surface area contributed by atoms with E-state index in [4.69, 9.17) is 20.5 Å². The van der Waals surface area contributed by atoms with Gasteiger partial charge in [0.1, 0.15) is 24.4 Å². The number of aliphatic hydroxyl groups is 1. The molecule has 3 heterocycles. The number of ketones is 1. The Morgan fingerprint density at radius 3 is 2.92 bits per heavy atom. The van der Waals surface area contributed by atoms with Crippen molar-refractivity contribution in [3.63, 3.8) is 0 Å². The van der Waals surface area contributed by atoms with Crippen LogP contribution < -0.4 is 10.0 Å². The Hall–Kier alpha value is -2.45. The summed E-state index contributed by atoms with van der Waals surface area (Å²) in [5.41, 5.74) is 2.33. The summed E-state index contributed by atoms with van der Waals surface area (Å²) in [6, 6.07) is 9.04. The number of carbonyl (C=O) groups excluding carboxylic acids is 1. The fourth-order valence-corrected chi connectivity index (χ4v) is 6.59. The van der Waals surface area contributed by atoms with Crippen LogP contribution in [0.15, 0.2) is 42.9 Å². The SMILES string of the molecule is CNS(=O)(=O)O[C@@H]1C[C@H](Nc2ncncc2C(=O)c2ccc([C@@H]3OCCc4c(Cl)cccc43)s2)C[C@@H]1O. The second kappa shape index (κ2) is 10.7. The molecule has 0 unspecified atom stereocenters. The Kier molecular flexibility index (Phi) is 7.59. The Morgan fingerprint density at radius 1 is 1.27 bits per heavy atom. The molecule has 1 aliphatic heterocycles. The summed E-state index contributed by atoms with van der Waals surface area (Å²) in [4.78, 5) is 23.1. The molecule has 37 heavy (non-hydrogen) atoms. The van der Waals surface area contributed by atoms with E-state index in [1.165, 1.54) is 30.9 Å². The highest BCUT2D eigenvalue weighted by molar-refractivity contribution is 7.84. The van der Waals surface area contributed by atoms with Crippen LogP contribution in [0.5, 0.6) is 0 Å². The first kappa shape index (κ1) is 26.2. The van der Waals surface area contributed by atoms with E-state index in [1.807, 2.05) is 24.3 Å². The maximum absolute atomic E-state index is 13.5. The van der Waals surface area contributed by atoms with Gasteiger partial charge in [-0.05, 0) is 48.6 Å². The Bertz CT molecular complexity index is 1420. The van der Waals surface area contributed by atoms with Gasteiger partial charge in [-0.3, -0.25) is 8.98 Å². The van der Waals surface area contributed by atoms with Crippen molar-refractivity contribution < 1.29 is 27.2 Å². The second-order valence-corrected chi connectivity index (χ2v) is 11.8. The van der Waals surface area contributed by atoms with E-state index in [2.05, 4.69) is 20.0 Å². The standard InChI is InChI=1S/C24H25ClN4O6S2/c1-26-37(32,33)35-19-10-13(9-18(19)30)29-24-16(11-27-12-28-24)22(31)20-5-6-21(36-20)23-15-3-2-4-17(25)14(15)7-8-34-23/h2-6,11-13,18-19,23,26,30H,7-10H2,1H3,(H,27,28,29)/t13-,18+,19-,23-/m1/s1. The summed E-state index contributed by atoms with van der Waals surface area (Å²) in [6.45, 7) is 0.538. The molecule has 4 atom stereocenters. The summed E-state index contributed by atoms with van der Waals surface area (Å²) >= 11 is 7.73. The number of thiophene rings is 1. The number of aromatic nitrogens is 2. The lowest BCUT2D eigenvalue weighted by atomic mass is 9.96. The van der Waals surface area contributed by atoms with Gasteiger partial charge in [0.25, 0.3) is 0 Å². The summed E-state index contributed by atoms with van der Waals surface area (Å²) in [5, 5.41) is 14.2. The number of anilines is 1. The zero-order valence-corrected chi connectivity index (χ0v) is 22.1. The van der Waals surface area contributed by atoms with Crippen LogP contribution in [0.2, 0.25) is 5.02 Å². The van der Waals surface area contributed by atoms with Gasteiger partial charge in [0.15, 0.2) is 0 Å². The van der Waals surface area contributed by atoms with E-state index in [-0.39, 0.29) is 36.3 Å². The van der Waals surface area contributed by atoms with Gasteiger partial charge in [-0.1, -0.05) is 23.7 Å². The van der Waals surface area contributed by atoms with E-state index in [0.29, 0.717) is 22.3 Å². The van der Waals surface area contributed by atoms with Crippen LogP contribution >= 0.6 is 22.9 Å². The molecule has 1 aromatic carbocycles. The first-order chi connectivity index (χ1) is 17.8. The molecule has 3 aromatic rings. The highest BCUT2D eigenvalue weighted by atomic mass is 35.5. The van der Waals surface area contributed by atoms with Gasteiger partial charge < -0.3 is 15.2 Å². The minimum Gasteiger partial charge on any atom is -0.390 e. The van der Waals surface area contributed by atoms with E-state index in [9.17, 15) is 18.3 Å². The number of benzene rings is 1. The highest BCUT2D eigenvalue weighted by Crippen LogP contribution is 2.39. The normalized spacial score (nSPS) is 23.5. The van der Waals surface area contributed by atoms with Crippen molar-refractivity contribution in [1.82, 2.24) is 14.7 Å². The lowest BCUT2D eigenvalue weighted by Gasteiger charge is -2.26. The molecule has 0 bridgehead atoms. The second-order valence-electron chi connectivity index (χ2n) is 8.80. The number of halogens is 1. The fourth-order valence-electron chi connectivity index (χ4n) is 4.65. The van der Waals surface area contributed by atoms with Crippen molar-refractivity contribution >= 4 is 44.8 Å². The molecule has 0 amide bonds. The molecule has 13 heteroatoms. The number of carbonyl (C=O) groups is 1. The molecule has 196 valence electrons. The van der Waals surface area contributed by atoms with Crippen LogP contribution in [0.3, 0.4) is 0 Å². The van der Waals surface area contributed by atoms with Crippen LogP contribution in [0, 0.1) is 0 Å². The maximum atomic E-state index is 13.5. The molecule has 0 saturated heterocycles. The van der Waals surface area contributed by atoms with Gasteiger partial charge in [-0.2, -0.15) is 13.1 Å². The Labute approximate surface area is 223 Å². The first-order valence-electron chi connectivity index (χ1n) is 11.7. The third kappa shape index (κ3) is 5.55. The molecule has 3 N–H and O–H groups in total. The molecule has 10 nitrogen and oxygen atoms in total. The number of ether oxygens (including phenoxy) is 1. The van der Waals surface area contributed by atoms with Crippen molar-refractivity contribution in [3.8, 4) is 0 Å². The van der Waals surface area contributed by atoms with E-state index in [1.54, 1.807) is 6.07 Å². The third-order valence-electron chi connectivity index (χ3n) is 6.45. The van der Waals surface area contributed by atoms with Crippen molar-refractivity contribution in [3.05, 3.63) is 74.3 Å². The summed E-state index contributed by atoms with van der Waals surface area (Å²) in [7, 11) is -2.72. The minimum absolute atomic E-state index is 0.212. The molecule has 1 saturated carbocycles. The van der Waals surface area contributed by atoms with Gasteiger partial charge >= 0.3 is 10.3 Å². The van der Waals surface area contributed by atoms with Crippen LogP contribution in [-0.2, 0) is 25.6 Å². The topological polar surface area (TPSA) is 140 Å². The molecule has 1 aliphatic carbocycles. The van der Waals surface area contributed by atoms with Crippen LogP contribution in [0.1, 0.15) is 50.2 Å². The predicted molar refractivity (Wildman–Crippen MR) is 138 cm³/mol. The maximum Gasteiger partial charge on any atom is 0.335 e. The van der Waals surface area contributed by atoms with Gasteiger partial charge in [-0.25, -0.2) is 9.97 Å². The number of rotatable bonds is 8. The van der Waals surface area contributed by atoms with Crippen LogP contribution in [-0.4, -0.2) is 61.2 Å². The number of hydrogen-bond acceptors (Lipinski definition) is 10. The largest absolute Gasteiger partial charge is 0.390 e. The van der Waals surface area contributed by atoms with E-state index < -0.39 is 22.5 Å². The van der Waals surface area contributed by atoms with Gasteiger partial charge in [0.2, 0.25) is 5.78 Å². The molecule has 5 rings (SSSR count). The van der Waals surface area contributed by atoms with E-state index >= 15 is 0 Å². The fraction of sp³-hybridized carbons (Fsp3) is 0.375. The number of nitrogens with zero attached hydrogens (tertiary/aromatic N) is 2. The average Bonchev–Trinajstić information content (AvgIpc) is 3.50. The lowest BCUT2D eigenvalue weighted by molar-refractivity contribution is 0.0636. The average molecular weight is 565 g/mol. The van der Waals surface area contributed by atoms with Crippen molar-refractivity contribution in [1.29, 1.82) is 0 Å². The predicted octanol–water partition coefficient (Wildman–Crippen LogP) is 2.87. The molecule has 2 aliphatic rings. The molecular formula is C24H25ClN4O6S2. The number of hydrogen-bond donors (Lipinski definition) is 3. The lowest BCUT2D eigenvalue weighted by Crippen LogP contribution is -2.31. The Morgan fingerprint density at radius 2 is 2.11 bits per heavy atom. The van der Waals surface area contributed by atoms with Crippen LogP contribution in [0.4, 0.5) is 5.82 Å². The zero-order valence-electron chi connectivity index (χ0n) is 19.8. The van der Waals surface area contributed by atoms with Crippen molar-refractivity contribution in [2.45, 2.75) is 43.6 Å². The zero-order chi connectivity index (χ0) is 26.2. The van der Waals surface area contributed by atoms with Gasteiger partial charge in [0, 0.05) is 29.2 Å². The molecule has 0 radical (unpaired) electrons. The number of fused-ring (bicyclic) bond motifs is 1. The van der Waals surface area contributed by atoms with E-state index in [0.717, 1.165) is 22.4 Å². The molecular weight excluding hydrogens is 540 g/mol. The monoisotopic (exact) mass is 564 g/mol. The summed E-state index contributed by atoms with van der Waals surface area (Å²) in [6.07, 6.45) is 1.73. The highest BCUT2D eigenvalue weighted by Gasteiger charge is 2.37. The van der Waals surface area contributed by atoms with Gasteiger partial charge in [-0.15, -0.1) is 11.3 Å². The summed E-state index contributed by atoms with van der Waals surface area (Å²) in [5.74, 6) is 0.0425. The number of nitrogens with one attached hydrogen (secondary N) is 2. The smallest absolute Gasteiger partial charge is 0.335 e. The van der Waals surface area contributed by atoms with Crippen molar-refractivity contribution in [2.75, 3.05) is 19.0 Å².